The number of nitrogens with zero attached hydrogens (tertiary/aromatic N) is 2. The van der Waals surface area contributed by atoms with E-state index in [1.807, 2.05) is 0 Å². The molecule has 0 fully saturated rings. The zero-order valence-corrected chi connectivity index (χ0v) is 7.86. The molecule has 1 rings (SSSR count). The molecule has 0 saturated carbocycles. The maximum absolute atomic E-state index is 10.9. The zero-order valence-electron chi connectivity index (χ0n) is 7.86. The topological polar surface area (TPSA) is 113 Å². The van der Waals surface area contributed by atoms with Gasteiger partial charge in [0.05, 0.1) is 19.5 Å². The second kappa shape index (κ2) is 4.67. The Morgan fingerprint density at radius 2 is 1.93 bits per heavy atom. The van der Waals surface area contributed by atoms with Crippen LogP contribution in [0.25, 0.3) is 0 Å². The molecule has 7 heteroatoms. The monoisotopic (exact) mass is 214 g/mol. The Bertz CT molecular complexity index is 339. The van der Waals surface area contributed by atoms with E-state index < -0.39 is 18.2 Å². The quantitative estimate of drug-likeness (QED) is 0.539. The van der Waals surface area contributed by atoms with Crippen molar-refractivity contribution in [3.05, 3.63) is 18.2 Å². The first-order chi connectivity index (χ1) is 7.06. The van der Waals surface area contributed by atoms with E-state index in [2.05, 4.69) is 14.7 Å². The molecule has 1 aromatic heterocycles. The lowest BCUT2D eigenvalue weighted by Crippen LogP contribution is -2.30. The number of hydrogen-bond donors (Lipinski definition) is 3. The number of aliphatic hydroxyl groups is 2. The van der Waals surface area contributed by atoms with Crippen molar-refractivity contribution < 1.29 is 24.9 Å². The highest BCUT2D eigenvalue weighted by Crippen LogP contribution is 2.14. The molecule has 0 amide bonds. The van der Waals surface area contributed by atoms with E-state index in [1.165, 1.54) is 0 Å². The summed E-state index contributed by atoms with van der Waals surface area (Å²) in [4.78, 5) is 17.9. The third kappa shape index (κ3) is 2.61. The fourth-order valence-corrected chi connectivity index (χ4v) is 0.875. The van der Waals surface area contributed by atoms with Gasteiger partial charge in [0.25, 0.3) is 0 Å². The van der Waals surface area contributed by atoms with Crippen molar-refractivity contribution in [1.29, 1.82) is 0 Å². The molecule has 3 N–H and O–H groups in total. The van der Waals surface area contributed by atoms with Crippen molar-refractivity contribution >= 4 is 5.97 Å². The van der Waals surface area contributed by atoms with Gasteiger partial charge in [-0.1, -0.05) is 0 Å². The molecule has 0 aliphatic carbocycles. The number of carbonyl (C=O) groups is 1. The van der Waals surface area contributed by atoms with Gasteiger partial charge in [-0.05, 0) is 0 Å². The Morgan fingerprint density at radius 3 is 2.40 bits per heavy atom. The van der Waals surface area contributed by atoms with E-state index in [1.54, 1.807) is 0 Å². The number of aromatic nitrogens is 2. The Morgan fingerprint density at radius 1 is 1.40 bits per heavy atom. The van der Waals surface area contributed by atoms with Crippen molar-refractivity contribution in [2.75, 3.05) is 7.11 Å². The molecule has 0 radical (unpaired) electrons. The molecular weight excluding hydrogens is 204 g/mol. The molecule has 0 aromatic carbocycles. The highest BCUT2D eigenvalue weighted by molar-refractivity contribution is 5.75. The first-order valence-electron chi connectivity index (χ1n) is 4.01. The number of aromatic hydroxyl groups is 1. The summed E-state index contributed by atoms with van der Waals surface area (Å²) in [7, 11) is 1.08. The smallest absolute Gasteiger partial charge is 0.337 e. The largest absolute Gasteiger partial charge is 0.505 e. The lowest BCUT2D eigenvalue weighted by Gasteiger charge is -2.13. The second-order valence-electron chi connectivity index (χ2n) is 2.71. The number of aliphatic hydroxyl groups excluding tert-OH is 2. The summed E-state index contributed by atoms with van der Waals surface area (Å²) in [6, 6.07) is 0. The van der Waals surface area contributed by atoms with Crippen LogP contribution in [0, 0.1) is 0 Å². The van der Waals surface area contributed by atoms with Crippen LogP contribution in [0.3, 0.4) is 0 Å². The van der Waals surface area contributed by atoms with E-state index in [0.717, 1.165) is 19.5 Å². The highest BCUT2D eigenvalue weighted by atomic mass is 16.5. The number of hydrogen-bond acceptors (Lipinski definition) is 7. The number of rotatable bonds is 3. The summed E-state index contributed by atoms with van der Waals surface area (Å²) in [6.45, 7) is 0. The third-order valence-electron chi connectivity index (χ3n) is 1.66. The summed E-state index contributed by atoms with van der Waals surface area (Å²) in [5.41, 5.74) is 0. The van der Waals surface area contributed by atoms with Gasteiger partial charge < -0.3 is 20.1 Å². The van der Waals surface area contributed by atoms with Gasteiger partial charge in [0.1, 0.15) is 0 Å². The second-order valence-corrected chi connectivity index (χ2v) is 2.71. The number of methoxy groups -OCH3 is 1. The molecule has 0 bridgehead atoms. The Labute approximate surface area is 85.0 Å². The van der Waals surface area contributed by atoms with Gasteiger partial charge >= 0.3 is 5.97 Å². The van der Waals surface area contributed by atoms with Gasteiger partial charge in [-0.15, -0.1) is 0 Å². The molecule has 1 aromatic rings. The van der Waals surface area contributed by atoms with E-state index in [0.29, 0.717) is 0 Å². The average Bonchev–Trinajstić information content (AvgIpc) is 2.27. The molecular formula is C8H10N2O5. The van der Waals surface area contributed by atoms with Gasteiger partial charge in [0.15, 0.2) is 23.8 Å². The number of carbonyl (C=O) groups excluding carboxylic acids is 1. The molecule has 0 aliphatic rings. The van der Waals surface area contributed by atoms with Crippen molar-refractivity contribution in [3.63, 3.8) is 0 Å². The predicted octanol–water partition coefficient (Wildman–Crippen LogP) is -1.25. The normalized spacial score (nSPS) is 14.3. The summed E-state index contributed by atoms with van der Waals surface area (Å²) in [5.74, 6) is -1.34. The van der Waals surface area contributed by atoms with E-state index in [-0.39, 0.29) is 11.6 Å². The van der Waals surface area contributed by atoms with Gasteiger partial charge in [-0.3, -0.25) is 0 Å². The molecule has 0 saturated heterocycles. The first-order valence-corrected chi connectivity index (χ1v) is 4.01. The van der Waals surface area contributed by atoms with Crippen LogP contribution in [0.2, 0.25) is 0 Å². The molecule has 1 heterocycles. The molecule has 0 aliphatic heterocycles. The molecule has 82 valence electrons. The van der Waals surface area contributed by atoms with Crippen LogP contribution in [0.5, 0.6) is 5.75 Å². The van der Waals surface area contributed by atoms with Crippen LogP contribution < -0.4 is 0 Å². The molecule has 2 atom stereocenters. The molecule has 2 unspecified atom stereocenters. The number of esters is 1. The zero-order chi connectivity index (χ0) is 11.4. The van der Waals surface area contributed by atoms with Crippen molar-refractivity contribution in [3.8, 4) is 5.75 Å². The minimum atomic E-state index is -1.75. The molecule has 0 spiro atoms. The SMILES string of the molecule is COC(=O)C(O)C(O)c1ncc(O)cn1. The van der Waals surface area contributed by atoms with Gasteiger partial charge in [0.2, 0.25) is 0 Å². The summed E-state index contributed by atoms with van der Waals surface area (Å²) in [6.07, 6.45) is -1.26. The van der Waals surface area contributed by atoms with Gasteiger partial charge in [0, 0.05) is 0 Å². The van der Waals surface area contributed by atoms with E-state index >= 15 is 0 Å². The maximum atomic E-state index is 10.9. The lowest BCUT2D eigenvalue weighted by atomic mass is 10.2. The van der Waals surface area contributed by atoms with Crippen molar-refractivity contribution in [1.82, 2.24) is 9.97 Å². The fourth-order valence-electron chi connectivity index (χ4n) is 0.875. The van der Waals surface area contributed by atoms with Crippen LogP contribution in [-0.2, 0) is 9.53 Å². The highest BCUT2D eigenvalue weighted by Gasteiger charge is 2.28. The fraction of sp³-hybridized carbons (Fsp3) is 0.375. The minimum absolute atomic E-state index is 0.175. The summed E-state index contributed by atoms with van der Waals surface area (Å²) in [5, 5.41) is 27.5. The lowest BCUT2D eigenvalue weighted by molar-refractivity contribution is -0.157. The first kappa shape index (κ1) is 11.3. The maximum Gasteiger partial charge on any atom is 0.337 e. The Balaban J connectivity index is 2.80. The van der Waals surface area contributed by atoms with Crippen LogP contribution in [0.4, 0.5) is 0 Å². The Kier molecular flexibility index (Phi) is 3.53. The van der Waals surface area contributed by atoms with Gasteiger partial charge in [-0.25, -0.2) is 14.8 Å². The molecule has 15 heavy (non-hydrogen) atoms. The average molecular weight is 214 g/mol. The minimum Gasteiger partial charge on any atom is -0.505 e. The van der Waals surface area contributed by atoms with Crippen LogP contribution in [0.1, 0.15) is 11.9 Å². The van der Waals surface area contributed by atoms with E-state index in [4.69, 9.17) is 5.11 Å². The summed E-state index contributed by atoms with van der Waals surface area (Å²) < 4.78 is 4.22. The predicted molar refractivity (Wildman–Crippen MR) is 46.7 cm³/mol. The standard InChI is InChI=1S/C8H10N2O5/c1-15-8(14)6(13)5(12)7-9-2-4(11)3-10-7/h2-3,5-6,11-13H,1H3. The Hall–Kier alpha value is -1.73. The van der Waals surface area contributed by atoms with Gasteiger partial charge in [-0.2, -0.15) is 0 Å². The third-order valence-corrected chi connectivity index (χ3v) is 1.66. The van der Waals surface area contributed by atoms with Crippen molar-refractivity contribution in [2.24, 2.45) is 0 Å². The van der Waals surface area contributed by atoms with Crippen LogP contribution in [0.15, 0.2) is 12.4 Å². The van der Waals surface area contributed by atoms with E-state index in [9.17, 15) is 15.0 Å². The number of ether oxygens (including phenoxy) is 1. The molecule has 7 nitrogen and oxygen atoms in total. The van der Waals surface area contributed by atoms with Crippen LogP contribution in [-0.4, -0.2) is 44.5 Å². The summed E-state index contributed by atoms with van der Waals surface area (Å²) >= 11 is 0. The van der Waals surface area contributed by atoms with Crippen LogP contribution >= 0.6 is 0 Å². The van der Waals surface area contributed by atoms with Crippen molar-refractivity contribution in [2.45, 2.75) is 12.2 Å².